The highest BCUT2D eigenvalue weighted by Crippen LogP contribution is 2.46. The Bertz CT molecular complexity index is 1020. The van der Waals surface area contributed by atoms with Crippen LogP contribution in [-0.4, -0.2) is 55.1 Å². The quantitative estimate of drug-likeness (QED) is 0.532. The standard InChI is InChI=1S/C25H30F4N4O/c1-16-13-18(25(27,28)29)15-22(30-16)33-21-8-5-17(14-21)23(33)24(34)32(12-4-11-31(2)3)20-9-6-19(26)7-10-20/h6-7,9-10,13,15,17,21,23H,4-5,8,11-12,14H2,1-3H3/t17-,21+,23-/m0/s1. The number of halogens is 4. The predicted molar refractivity (Wildman–Crippen MR) is 123 cm³/mol. The van der Waals surface area contributed by atoms with Crippen LogP contribution < -0.4 is 9.80 Å². The van der Waals surface area contributed by atoms with Gasteiger partial charge in [0.2, 0.25) is 5.91 Å². The van der Waals surface area contributed by atoms with Crippen LogP contribution in [0.3, 0.4) is 0 Å². The second-order valence-electron chi connectivity index (χ2n) is 9.56. The van der Waals surface area contributed by atoms with Gasteiger partial charge in [0.15, 0.2) is 0 Å². The summed E-state index contributed by atoms with van der Waals surface area (Å²) < 4.78 is 54.1. The number of nitrogens with zero attached hydrogens (tertiary/aromatic N) is 4. The van der Waals surface area contributed by atoms with Gasteiger partial charge >= 0.3 is 6.18 Å². The van der Waals surface area contributed by atoms with Crippen LogP contribution in [0.5, 0.6) is 0 Å². The lowest BCUT2D eigenvalue weighted by atomic mass is 9.96. The Morgan fingerprint density at radius 1 is 1.12 bits per heavy atom. The molecule has 4 rings (SSSR count). The molecule has 0 radical (unpaired) electrons. The Morgan fingerprint density at radius 3 is 2.47 bits per heavy atom. The third kappa shape index (κ3) is 5.04. The Morgan fingerprint density at radius 2 is 1.82 bits per heavy atom. The third-order valence-corrected chi connectivity index (χ3v) is 6.76. The van der Waals surface area contributed by atoms with Crippen LogP contribution in [0.1, 0.15) is 36.9 Å². The molecule has 1 saturated carbocycles. The average molecular weight is 479 g/mol. The van der Waals surface area contributed by atoms with Crippen LogP contribution in [0.4, 0.5) is 29.1 Å². The van der Waals surface area contributed by atoms with E-state index in [1.54, 1.807) is 21.9 Å². The lowest BCUT2D eigenvalue weighted by molar-refractivity contribution is -0.137. The fraction of sp³-hybridized carbons (Fsp3) is 0.520. The number of benzene rings is 1. The molecule has 0 spiro atoms. The molecule has 2 fully saturated rings. The molecule has 1 amide bonds. The van der Waals surface area contributed by atoms with Crippen molar-refractivity contribution in [2.75, 3.05) is 37.0 Å². The highest BCUT2D eigenvalue weighted by Gasteiger charge is 2.51. The molecule has 3 atom stereocenters. The van der Waals surface area contributed by atoms with Crippen molar-refractivity contribution in [3.63, 3.8) is 0 Å². The molecule has 2 bridgehead atoms. The van der Waals surface area contributed by atoms with Crippen molar-refractivity contribution >= 4 is 17.4 Å². The minimum absolute atomic E-state index is 0.0221. The first kappa shape index (κ1) is 24.4. The van der Waals surface area contributed by atoms with E-state index < -0.39 is 23.6 Å². The monoisotopic (exact) mass is 478 g/mol. The number of aryl methyl sites for hydroxylation is 1. The Hall–Kier alpha value is -2.68. The lowest BCUT2D eigenvalue weighted by Crippen LogP contribution is -2.53. The van der Waals surface area contributed by atoms with Gasteiger partial charge in [-0.05, 0) is 95.6 Å². The Balaban J connectivity index is 1.69. The topological polar surface area (TPSA) is 39.7 Å². The van der Waals surface area contributed by atoms with Crippen molar-refractivity contribution in [2.24, 2.45) is 5.92 Å². The van der Waals surface area contributed by atoms with Crippen molar-refractivity contribution < 1.29 is 22.4 Å². The highest BCUT2D eigenvalue weighted by atomic mass is 19.4. The highest BCUT2D eigenvalue weighted by molar-refractivity contribution is 6.00. The van der Waals surface area contributed by atoms with Gasteiger partial charge in [0.1, 0.15) is 17.7 Å². The SMILES string of the molecule is Cc1cc(C(F)(F)F)cc(N2[C@@H]3CC[C@@H](C3)[C@H]2C(=O)N(CCCN(C)C)c2ccc(F)cc2)n1. The first-order chi connectivity index (χ1) is 16.0. The minimum Gasteiger partial charge on any atom is -0.341 e. The molecule has 9 heteroatoms. The summed E-state index contributed by atoms with van der Waals surface area (Å²) >= 11 is 0. The number of pyridine rings is 1. The van der Waals surface area contributed by atoms with E-state index in [2.05, 4.69) is 4.98 Å². The first-order valence-electron chi connectivity index (χ1n) is 11.6. The molecule has 34 heavy (non-hydrogen) atoms. The summed E-state index contributed by atoms with van der Waals surface area (Å²) in [6.45, 7) is 2.73. The third-order valence-electron chi connectivity index (χ3n) is 6.76. The fourth-order valence-electron chi connectivity index (χ4n) is 5.27. The van der Waals surface area contributed by atoms with Crippen molar-refractivity contribution in [1.29, 1.82) is 0 Å². The van der Waals surface area contributed by atoms with Gasteiger partial charge < -0.3 is 14.7 Å². The van der Waals surface area contributed by atoms with Gasteiger partial charge in [-0.1, -0.05) is 0 Å². The Kier molecular flexibility index (Phi) is 6.85. The lowest BCUT2D eigenvalue weighted by Gasteiger charge is -2.38. The van der Waals surface area contributed by atoms with Crippen LogP contribution in [0.2, 0.25) is 0 Å². The zero-order chi connectivity index (χ0) is 24.6. The van der Waals surface area contributed by atoms with Crippen LogP contribution in [0.15, 0.2) is 36.4 Å². The summed E-state index contributed by atoms with van der Waals surface area (Å²) in [5.41, 5.74) is 0.0894. The van der Waals surface area contributed by atoms with E-state index in [0.29, 0.717) is 18.7 Å². The second-order valence-corrected chi connectivity index (χ2v) is 9.56. The van der Waals surface area contributed by atoms with E-state index in [0.717, 1.165) is 37.9 Å². The van der Waals surface area contributed by atoms with Crippen molar-refractivity contribution in [2.45, 2.75) is 50.9 Å². The number of hydrogen-bond acceptors (Lipinski definition) is 4. The maximum Gasteiger partial charge on any atom is 0.416 e. The summed E-state index contributed by atoms with van der Waals surface area (Å²) in [6.07, 6.45) is -1.36. The Labute approximate surface area is 197 Å². The minimum atomic E-state index is -4.49. The van der Waals surface area contributed by atoms with E-state index in [1.165, 1.54) is 19.1 Å². The fourth-order valence-corrected chi connectivity index (χ4v) is 5.27. The zero-order valence-corrected chi connectivity index (χ0v) is 19.6. The van der Waals surface area contributed by atoms with Gasteiger partial charge in [0, 0.05) is 24.0 Å². The molecule has 2 heterocycles. The number of anilines is 2. The summed E-state index contributed by atoms with van der Waals surface area (Å²) in [7, 11) is 3.90. The maximum atomic E-state index is 14.0. The average Bonchev–Trinajstić information content (AvgIpc) is 3.38. The van der Waals surface area contributed by atoms with E-state index in [4.69, 9.17) is 0 Å². The number of fused-ring (bicyclic) bond motifs is 2. The van der Waals surface area contributed by atoms with Crippen LogP contribution >= 0.6 is 0 Å². The predicted octanol–water partition coefficient (Wildman–Crippen LogP) is 4.89. The van der Waals surface area contributed by atoms with E-state index in [1.807, 2.05) is 19.0 Å². The van der Waals surface area contributed by atoms with Gasteiger partial charge in [-0.3, -0.25) is 4.79 Å². The molecule has 1 aromatic carbocycles. The molecule has 184 valence electrons. The summed E-state index contributed by atoms with van der Waals surface area (Å²) in [4.78, 5) is 23.9. The number of aromatic nitrogens is 1. The second kappa shape index (κ2) is 9.52. The number of carbonyl (C=O) groups is 1. The first-order valence-corrected chi connectivity index (χ1v) is 11.6. The normalized spacial score (nSPS) is 22.0. The van der Waals surface area contributed by atoms with Gasteiger partial charge in [0.25, 0.3) is 0 Å². The number of carbonyl (C=O) groups excluding carboxylic acids is 1. The summed E-state index contributed by atoms with van der Waals surface area (Å²) in [5, 5.41) is 0. The smallest absolute Gasteiger partial charge is 0.341 e. The molecule has 1 aliphatic heterocycles. The van der Waals surface area contributed by atoms with Crippen LogP contribution in [0, 0.1) is 18.7 Å². The van der Waals surface area contributed by atoms with E-state index in [-0.39, 0.29) is 29.4 Å². The molecule has 1 aliphatic carbocycles. The van der Waals surface area contributed by atoms with Gasteiger partial charge in [-0.25, -0.2) is 9.37 Å². The number of amides is 1. The van der Waals surface area contributed by atoms with Crippen molar-refractivity contribution in [3.8, 4) is 0 Å². The molecule has 0 N–H and O–H groups in total. The zero-order valence-electron chi connectivity index (χ0n) is 19.6. The molecule has 0 unspecified atom stereocenters. The molecule has 5 nitrogen and oxygen atoms in total. The number of alkyl halides is 3. The molecule has 1 aromatic heterocycles. The van der Waals surface area contributed by atoms with Crippen molar-refractivity contribution in [3.05, 3.63) is 53.5 Å². The maximum absolute atomic E-state index is 14.0. The largest absolute Gasteiger partial charge is 0.416 e. The van der Waals surface area contributed by atoms with Gasteiger partial charge in [0.05, 0.1) is 5.56 Å². The molecule has 2 aliphatic rings. The van der Waals surface area contributed by atoms with E-state index >= 15 is 0 Å². The molecule has 1 saturated heterocycles. The van der Waals surface area contributed by atoms with Gasteiger partial charge in [-0.2, -0.15) is 13.2 Å². The van der Waals surface area contributed by atoms with Gasteiger partial charge in [-0.15, -0.1) is 0 Å². The summed E-state index contributed by atoms with van der Waals surface area (Å²) in [5.74, 6) is -0.319. The molecular weight excluding hydrogens is 448 g/mol. The number of hydrogen-bond donors (Lipinski definition) is 0. The van der Waals surface area contributed by atoms with E-state index in [9.17, 15) is 22.4 Å². The van der Waals surface area contributed by atoms with Crippen LogP contribution in [-0.2, 0) is 11.0 Å². The van der Waals surface area contributed by atoms with Crippen molar-refractivity contribution in [1.82, 2.24) is 9.88 Å². The number of piperidine rings is 1. The molecular formula is C25H30F4N4O. The van der Waals surface area contributed by atoms with Crippen LogP contribution in [0.25, 0.3) is 0 Å². The molecule has 2 aromatic rings. The number of rotatable bonds is 7. The summed E-state index contributed by atoms with van der Waals surface area (Å²) in [6, 6.07) is 7.25.